The molecule has 1 amide bonds. The summed E-state index contributed by atoms with van der Waals surface area (Å²) in [4.78, 5) is 17.3. The van der Waals surface area contributed by atoms with Crippen LogP contribution >= 0.6 is 0 Å². The maximum Gasteiger partial charge on any atom is 0.223 e. The second-order valence-corrected chi connectivity index (χ2v) is 8.06. The number of nitrogens with zero attached hydrogens (tertiary/aromatic N) is 2. The van der Waals surface area contributed by atoms with Crippen molar-refractivity contribution < 1.29 is 9.53 Å². The first-order chi connectivity index (χ1) is 10.8. The molecule has 4 fully saturated rings. The Morgan fingerprint density at radius 1 is 1.05 bits per heavy atom. The van der Waals surface area contributed by atoms with Gasteiger partial charge in [-0.25, -0.2) is 0 Å². The molecule has 0 aromatic heterocycles. The fraction of sp³-hybridized carbons (Fsp3) is 0.944. The molecule has 1 saturated carbocycles. The van der Waals surface area contributed by atoms with Crippen LogP contribution in [0.25, 0.3) is 0 Å². The molecule has 4 aliphatic rings. The molecule has 3 aliphatic heterocycles. The smallest absolute Gasteiger partial charge is 0.223 e. The summed E-state index contributed by atoms with van der Waals surface area (Å²) < 4.78 is 5.53. The van der Waals surface area contributed by atoms with Crippen molar-refractivity contribution in [1.82, 2.24) is 9.80 Å². The zero-order valence-corrected chi connectivity index (χ0v) is 13.8. The lowest BCUT2D eigenvalue weighted by molar-refractivity contribution is -0.131. The lowest BCUT2D eigenvalue weighted by Gasteiger charge is -2.38. The third kappa shape index (κ3) is 3.05. The van der Waals surface area contributed by atoms with Crippen LogP contribution in [0.5, 0.6) is 0 Å². The number of carbonyl (C=O) groups is 1. The van der Waals surface area contributed by atoms with Crippen LogP contribution in [0.15, 0.2) is 0 Å². The number of ether oxygens (including phenoxy) is 1. The average Bonchev–Trinajstić information content (AvgIpc) is 3.16. The molecule has 0 bridgehead atoms. The predicted octanol–water partition coefficient (Wildman–Crippen LogP) is 2.28. The molecule has 3 saturated heterocycles. The van der Waals surface area contributed by atoms with Crippen LogP contribution in [0.3, 0.4) is 0 Å². The summed E-state index contributed by atoms with van der Waals surface area (Å²) in [7, 11) is 0. The zero-order valence-electron chi connectivity index (χ0n) is 13.8. The standard InChI is InChI=1S/C18H30N2O2/c21-17-4-7-18(20(17)13-15-2-3-15)6-1-9-19(10-8-18)12-16-5-11-22-14-16/h15-16H,1-14H2/t16-,18+/m1/s1. The van der Waals surface area contributed by atoms with Crippen molar-refractivity contribution in [1.29, 1.82) is 0 Å². The molecule has 1 aliphatic carbocycles. The third-order valence-electron chi connectivity index (χ3n) is 6.37. The van der Waals surface area contributed by atoms with Crippen molar-refractivity contribution in [2.75, 3.05) is 39.4 Å². The molecule has 0 radical (unpaired) electrons. The summed E-state index contributed by atoms with van der Waals surface area (Å²) in [6.07, 6.45) is 9.49. The monoisotopic (exact) mass is 306 g/mol. The van der Waals surface area contributed by atoms with Crippen molar-refractivity contribution in [2.24, 2.45) is 11.8 Å². The number of rotatable bonds is 4. The number of amides is 1. The van der Waals surface area contributed by atoms with Crippen LogP contribution in [0.1, 0.15) is 51.4 Å². The fourth-order valence-corrected chi connectivity index (χ4v) is 4.76. The van der Waals surface area contributed by atoms with Crippen LogP contribution in [-0.2, 0) is 9.53 Å². The van der Waals surface area contributed by atoms with Crippen molar-refractivity contribution >= 4 is 5.91 Å². The average molecular weight is 306 g/mol. The lowest BCUT2D eigenvalue weighted by atomic mass is 9.87. The summed E-state index contributed by atoms with van der Waals surface area (Å²) in [6.45, 7) is 6.54. The Balaban J connectivity index is 1.38. The maximum atomic E-state index is 12.4. The zero-order chi connectivity index (χ0) is 15.0. The highest BCUT2D eigenvalue weighted by molar-refractivity contribution is 5.79. The summed E-state index contributed by atoms with van der Waals surface area (Å²) in [6, 6.07) is 0. The molecular weight excluding hydrogens is 276 g/mol. The van der Waals surface area contributed by atoms with Gasteiger partial charge in [0.1, 0.15) is 0 Å². The summed E-state index contributed by atoms with van der Waals surface area (Å²) in [5.41, 5.74) is 0.209. The second-order valence-electron chi connectivity index (χ2n) is 8.06. The van der Waals surface area contributed by atoms with E-state index in [0.717, 1.165) is 44.4 Å². The lowest BCUT2D eigenvalue weighted by Crippen LogP contribution is -2.47. The Morgan fingerprint density at radius 3 is 2.73 bits per heavy atom. The summed E-state index contributed by atoms with van der Waals surface area (Å²) in [5.74, 6) is 1.99. The van der Waals surface area contributed by atoms with Gasteiger partial charge in [0.15, 0.2) is 0 Å². The minimum Gasteiger partial charge on any atom is -0.381 e. The van der Waals surface area contributed by atoms with Gasteiger partial charge in [-0.2, -0.15) is 0 Å². The fourth-order valence-electron chi connectivity index (χ4n) is 4.76. The SMILES string of the molecule is O=C1CC[C@]2(CCCN(C[C@H]3CCOC3)CC2)N1CC1CC1. The van der Waals surface area contributed by atoms with E-state index < -0.39 is 0 Å². The molecule has 1 spiro atoms. The largest absolute Gasteiger partial charge is 0.381 e. The van der Waals surface area contributed by atoms with Gasteiger partial charge < -0.3 is 14.5 Å². The Hall–Kier alpha value is -0.610. The molecule has 22 heavy (non-hydrogen) atoms. The van der Waals surface area contributed by atoms with Crippen LogP contribution in [0.2, 0.25) is 0 Å². The first-order valence-corrected chi connectivity index (χ1v) is 9.36. The molecule has 0 aromatic rings. The van der Waals surface area contributed by atoms with E-state index in [1.54, 1.807) is 0 Å². The van der Waals surface area contributed by atoms with Crippen LogP contribution in [0.4, 0.5) is 0 Å². The van der Waals surface area contributed by atoms with E-state index in [2.05, 4.69) is 9.80 Å². The van der Waals surface area contributed by atoms with E-state index in [1.165, 1.54) is 58.2 Å². The summed E-state index contributed by atoms with van der Waals surface area (Å²) >= 11 is 0. The predicted molar refractivity (Wildman–Crippen MR) is 85.6 cm³/mol. The van der Waals surface area contributed by atoms with Crippen LogP contribution in [-0.4, -0.2) is 60.6 Å². The Bertz CT molecular complexity index is 417. The van der Waals surface area contributed by atoms with Gasteiger partial charge in [0.25, 0.3) is 0 Å². The molecule has 0 unspecified atom stereocenters. The molecule has 124 valence electrons. The minimum atomic E-state index is 0.209. The van der Waals surface area contributed by atoms with E-state index in [9.17, 15) is 4.79 Å². The minimum absolute atomic E-state index is 0.209. The highest BCUT2D eigenvalue weighted by atomic mass is 16.5. The van der Waals surface area contributed by atoms with Crippen molar-refractivity contribution in [3.8, 4) is 0 Å². The van der Waals surface area contributed by atoms with E-state index in [0.29, 0.717) is 5.91 Å². The van der Waals surface area contributed by atoms with Crippen molar-refractivity contribution in [3.05, 3.63) is 0 Å². The number of hydrogen-bond acceptors (Lipinski definition) is 3. The Labute approximate surface area is 134 Å². The highest BCUT2D eigenvalue weighted by Crippen LogP contribution is 2.42. The second kappa shape index (κ2) is 6.12. The Kier molecular flexibility index (Phi) is 4.16. The molecule has 0 N–H and O–H groups in total. The normalized spacial score (nSPS) is 37.2. The molecule has 4 nitrogen and oxygen atoms in total. The quantitative estimate of drug-likeness (QED) is 0.799. The molecule has 4 rings (SSSR count). The molecule has 4 heteroatoms. The summed E-state index contributed by atoms with van der Waals surface area (Å²) in [5, 5.41) is 0. The highest BCUT2D eigenvalue weighted by Gasteiger charge is 2.47. The molecule has 2 atom stereocenters. The van der Waals surface area contributed by atoms with Gasteiger partial charge in [0.2, 0.25) is 5.91 Å². The molecule has 0 aromatic carbocycles. The third-order valence-corrected chi connectivity index (χ3v) is 6.37. The number of carbonyl (C=O) groups excluding carboxylic acids is 1. The first-order valence-electron chi connectivity index (χ1n) is 9.36. The Morgan fingerprint density at radius 2 is 1.95 bits per heavy atom. The van der Waals surface area contributed by atoms with Crippen LogP contribution < -0.4 is 0 Å². The van der Waals surface area contributed by atoms with Crippen LogP contribution in [0, 0.1) is 11.8 Å². The van der Waals surface area contributed by atoms with E-state index in [4.69, 9.17) is 4.74 Å². The van der Waals surface area contributed by atoms with Gasteiger partial charge in [-0.15, -0.1) is 0 Å². The van der Waals surface area contributed by atoms with Gasteiger partial charge in [0.05, 0.1) is 6.61 Å². The van der Waals surface area contributed by atoms with Gasteiger partial charge in [-0.1, -0.05) is 0 Å². The maximum absolute atomic E-state index is 12.4. The van der Waals surface area contributed by atoms with Gasteiger partial charge in [0, 0.05) is 38.2 Å². The first kappa shape index (κ1) is 14.9. The number of likely N-dealkylation sites (tertiary alicyclic amines) is 2. The molecular formula is C18H30N2O2. The molecule has 3 heterocycles. The van der Waals surface area contributed by atoms with Gasteiger partial charge >= 0.3 is 0 Å². The van der Waals surface area contributed by atoms with Crippen molar-refractivity contribution in [2.45, 2.75) is 56.9 Å². The van der Waals surface area contributed by atoms with Crippen molar-refractivity contribution in [3.63, 3.8) is 0 Å². The van der Waals surface area contributed by atoms with E-state index >= 15 is 0 Å². The topological polar surface area (TPSA) is 32.8 Å². The van der Waals surface area contributed by atoms with Gasteiger partial charge in [-0.05, 0) is 63.3 Å². The number of hydrogen-bond donors (Lipinski definition) is 0. The van der Waals surface area contributed by atoms with Gasteiger partial charge in [-0.3, -0.25) is 4.79 Å². The van der Waals surface area contributed by atoms with E-state index in [-0.39, 0.29) is 5.54 Å². The van der Waals surface area contributed by atoms with E-state index in [1.807, 2.05) is 0 Å².